The zero-order valence-corrected chi connectivity index (χ0v) is 28.0. The molecule has 0 saturated carbocycles. The van der Waals surface area contributed by atoms with E-state index in [0.29, 0.717) is 10.9 Å². The minimum absolute atomic E-state index is 0.000813. The van der Waals surface area contributed by atoms with Gasteiger partial charge < -0.3 is 24.2 Å². The fourth-order valence-electron chi connectivity index (χ4n) is 4.56. The zero-order valence-electron chi connectivity index (χ0n) is 27.2. The summed E-state index contributed by atoms with van der Waals surface area (Å²) < 4.78 is 78.9. The van der Waals surface area contributed by atoms with Crippen LogP contribution in [-0.2, 0) is 19.1 Å². The number of rotatable bonds is 14. The predicted octanol–water partition coefficient (Wildman–Crippen LogP) is 4.77. The average molecular weight is 680 g/mol. The van der Waals surface area contributed by atoms with Gasteiger partial charge in [0.15, 0.2) is 18.3 Å². The first-order chi connectivity index (χ1) is 21.2. The molecule has 1 unspecified atom stereocenters. The topological polar surface area (TPSA) is 115 Å². The van der Waals surface area contributed by atoms with Crippen LogP contribution in [0.1, 0.15) is 69.1 Å². The molecule has 16 heteroatoms. The van der Waals surface area contributed by atoms with Crippen molar-refractivity contribution in [1.29, 1.82) is 0 Å². The SMILES string of the molecule is CCC(C)[C@H](NC(=O)C[N+](C)(C)C)C(=O)N(C)[C@H](C[C@@H](OC(C)=O)c1nc(C(=O)Oc2c(F)c(F)c(F)c(F)c2F)cs1)C(C)C. The maximum absolute atomic E-state index is 14.1. The van der Waals surface area contributed by atoms with Crippen molar-refractivity contribution in [3.63, 3.8) is 0 Å². The maximum Gasteiger partial charge on any atom is 0.363 e. The summed E-state index contributed by atoms with van der Waals surface area (Å²) >= 11 is 0.811. The summed E-state index contributed by atoms with van der Waals surface area (Å²) in [6, 6.07) is -1.42. The molecular formula is C30H40F5N4O6S+. The summed E-state index contributed by atoms with van der Waals surface area (Å²) in [7, 11) is 7.10. The highest BCUT2D eigenvalue weighted by molar-refractivity contribution is 7.09. The number of hydrogen-bond donors (Lipinski definition) is 1. The van der Waals surface area contributed by atoms with Crippen LogP contribution in [-0.4, -0.2) is 84.9 Å². The van der Waals surface area contributed by atoms with E-state index in [1.807, 2.05) is 48.8 Å². The lowest BCUT2D eigenvalue weighted by molar-refractivity contribution is -0.862. The molecule has 10 nitrogen and oxygen atoms in total. The predicted molar refractivity (Wildman–Crippen MR) is 158 cm³/mol. The van der Waals surface area contributed by atoms with Gasteiger partial charge in [0.05, 0.1) is 21.1 Å². The Balaban J connectivity index is 2.36. The van der Waals surface area contributed by atoms with E-state index in [4.69, 9.17) is 4.74 Å². The zero-order chi connectivity index (χ0) is 35.3. The number of esters is 2. The van der Waals surface area contributed by atoms with E-state index < -0.39 is 70.7 Å². The molecule has 0 spiro atoms. The number of nitrogens with one attached hydrogen (secondary N) is 1. The highest BCUT2D eigenvalue weighted by Crippen LogP contribution is 2.33. The lowest BCUT2D eigenvalue weighted by Gasteiger charge is -2.37. The van der Waals surface area contributed by atoms with Gasteiger partial charge >= 0.3 is 11.9 Å². The van der Waals surface area contributed by atoms with Crippen LogP contribution in [0.4, 0.5) is 22.0 Å². The van der Waals surface area contributed by atoms with Crippen LogP contribution < -0.4 is 10.1 Å². The summed E-state index contributed by atoms with van der Waals surface area (Å²) in [6.45, 7) is 8.69. The number of benzene rings is 1. The molecule has 0 saturated heterocycles. The smallest absolute Gasteiger partial charge is 0.363 e. The number of nitrogens with zero attached hydrogens (tertiary/aromatic N) is 3. The van der Waals surface area contributed by atoms with Gasteiger partial charge in [-0.15, -0.1) is 11.3 Å². The number of halogens is 5. The number of thiazole rings is 1. The standard InChI is InChI=1S/C30H39F5N4O6S/c1-10-15(4)26(37-20(41)12-39(7,8)9)29(42)38(6)18(14(2)3)11-19(44-16(5)40)28-36-17(13-46-28)30(43)45-27-24(34)22(32)21(31)23(33)25(27)35/h13-15,18-19,26H,10-12H2,1-9H3/p+1/t15?,18-,19-,26+/m1/s1. The second-order valence-electron chi connectivity index (χ2n) is 12.3. The van der Waals surface area contributed by atoms with E-state index in [2.05, 4.69) is 15.0 Å². The van der Waals surface area contributed by atoms with Crippen LogP contribution in [0.25, 0.3) is 0 Å². The lowest BCUT2D eigenvalue weighted by Crippen LogP contribution is -2.56. The third-order valence-electron chi connectivity index (χ3n) is 7.16. The largest absolute Gasteiger partial charge is 0.455 e. The number of ether oxygens (including phenoxy) is 2. The third kappa shape index (κ3) is 9.67. The molecule has 0 aliphatic heterocycles. The molecule has 1 aromatic heterocycles. The monoisotopic (exact) mass is 679 g/mol. The van der Waals surface area contributed by atoms with Crippen molar-refractivity contribution in [3.05, 3.63) is 45.2 Å². The van der Waals surface area contributed by atoms with Crippen LogP contribution in [0.2, 0.25) is 0 Å². The van der Waals surface area contributed by atoms with E-state index in [-0.39, 0.29) is 41.6 Å². The molecule has 46 heavy (non-hydrogen) atoms. The van der Waals surface area contributed by atoms with Crippen molar-refractivity contribution in [2.45, 2.75) is 65.6 Å². The molecule has 256 valence electrons. The number of aromatic nitrogens is 1. The second-order valence-corrected chi connectivity index (χ2v) is 13.2. The number of carbonyl (C=O) groups is 4. The molecule has 0 fully saturated rings. The van der Waals surface area contributed by atoms with Gasteiger partial charge in [-0.3, -0.25) is 14.4 Å². The molecule has 0 aliphatic rings. The van der Waals surface area contributed by atoms with Crippen LogP contribution in [0, 0.1) is 40.9 Å². The molecule has 1 heterocycles. The fraction of sp³-hybridized carbons (Fsp3) is 0.567. The maximum atomic E-state index is 14.1. The minimum atomic E-state index is -2.42. The Kier molecular flexibility index (Phi) is 13.2. The lowest BCUT2D eigenvalue weighted by atomic mass is 9.93. The van der Waals surface area contributed by atoms with Gasteiger partial charge in [0.1, 0.15) is 11.0 Å². The first-order valence-electron chi connectivity index (χ1n) is 14.4. The first kappa shape index (κ1) is 38.5. The first-order valence-corrected chi connectivity index (χ1v) is 15.3. The molecular weight excluding hydrogens is 639 g/mol. The van der Waals surface area contributed by atoms with Gasteiger partial charge in [0, 0.05) is 31.8 Å². The molecule has 2 rings (SSSR count). The number of likely N-dealkylation sites (N-methyl/N-ethyl adjacent to an activating group) is 2. The minimum Gasteiger partial charge on any atom is -0.455 e. The van der Waals surface area contributed by atoms with Crippen molar-refractivity contribution in [2.24, 2.45) is 11.8 Å². The Hall–Kier alpha value is -3.66. The molecule has 2 aromatic rings. The number of hydrogen-bond acceptors (Lipinski definition) is 8. The molecule has 1 aromatic carbocycles. The van der Waals surface area contributed by atoms with Crippen LogP contribution in [0.3, 0.4) is 0 Å². The van der Waals surface area contributed by atoms with Gasteiger partial charge in [-0.1, -0.05) is 34.1 Å². The van der Waals surface area contributed by atoms with E-state index in [1.165, 1.54) is 4.90 Å². The van der Waals surface area contributed by atoms with E-state index >= 15 is 0 Å². The summed E-state index contributed by atoms with van der Waals surface area (Å²) in [5.41, 5.74) is -0.552. The highest BCUT2D eigenvalue weighted by atomic mass is 32.1. The van der Waals surface area contributed by atoms with Gasteiger partial charge in [-0.05, 0) is 11.8 Å². The van der Waals surface area contributed by atoms with Crippen molar-refractivity contribution < 1.29 is 55.1 Å². The van der Waals surface area contributed by atoms with Crippen molar-refractivity contribution in [1.82, 2.24) is 15.2 Å². The molecule has 0 radical (unpaired) electrons. The molecule has 4 atom stereocenters. The average Bonchev–Trinajstić information content (AvgIpc) is 3.46. The number of carbonyl (C=O) groups excluding carboxylic acids is 4. The van der Waals surface area contributed by atoms with Crippen LogP contribution in [0.5, 0.6) is 5.75 Å². The Bertz CT molecular complexity index is 1420. The Labute approximate surface area is 268 Å². The van der Waals surface area contributed by atoms with Gasteiger partial charge in [0.2, 0.25) is 40.7 Å². The normalized spacial score (nSPS) is 14.3. The second kappa shape index (κ2) is 15.8. The summed E-state index contributed by atoms with van der Waals surface area (Å²) in [5, 5.41) is 4.00. The molecule has 1 N–H and O–H groups in total. The number of amides is 2. The third-order valence-corrected chi connectivity index (χ3v) is 8.10. The van der Waals surface area contributed by atoms with Gasteiger partial charge in [0.25, 0.3) is 5.91 Å². The summed E-state index contributed by atoms with van der Waals surface area (Å²) in [6.07, 6.45) is -0.518. The molecule has 0 aliphatic carbocycles. The van der Waals surface area contributed by atoms with Gasteiger partial charge in [-0.25, -0.2) is 22.9 Å². The fourth-order valence-corrected chi connectivity index (χ4v) is 5.39. The van der Waals surface area contributed by atoms with Crippen molar-refractivity contribution in [2.75, 3.05) is 34.7 Å². The van der Waals surface area contributed by atoms with Crippen molar-refractivity contribution >= 4 is 35.1 Å². The van der Waals surface area contributed by atoms with E-state index in [1.54, 1.807) is 7.05 Å². The van der Waals surface area contributed by atoms with Crippen molar-refractivity contribution in [3.8, 4) is 5.75 Å². The summed E-state index contributed by atoms with van der Waals surface area (Å²) in [5.74, 6) is -16.8. The molecule has 2 amide bonds. The van der Waals surface area contributed by atoms with Crippen LogP contribution >= 0.6 is 11.3 Å². The van der Waals surface area contributed by atoms with Crippen LogP contribution in [0.15, 0.2) is 5.38 Å². The Morgan fingerprint density at radius 1 is 0.978 bits per heavy atom. The summed E-state index contributed by atoms with van der Waals surface area (Å²) in [4.78, 5) is 56.7. The Morgan fingerprint density at radius 2 is 1.52 bits per heavy atom. The number of quaternary nitrogens is 1. The van der Waals surface area contributed by atoms with Gasteiger partial charge in [-0.2, -0.15) is 8.78 Å². The highest BCUT2D eigenvalue weighted by Gasteiger charge is 2.36. The van der Waals surface area contributed by atoms with E-state index in [0.717, 1.165) is 23.6 Å². The van der Waals surface area contributed by atoms with E-state index in [9.17, 15) is 41.1 Å². The quantitative estimate of drug-likeness (QED) is 0.0764. The Morgan fingerprint density at radius 3 is 2.00 bits per heavy atom. The molecule has 0 bridgehead atoms.